The quantitative estimate of drug-likeness (QED) is 0.428. The zero-order valence-corrected chi connectivity index (χ0v) is 16.4. The largest absolute Gasteiger partial charge is 0.444 e. The van der Waals surface area contributed by atoms with Gasteiger partial charge in [0.2, 0.25) is 0 Å². The summed E-state index contributed by atoms with van der Waals surface area (Å²) in [6, 6.07) is 4.24. The molecule has 1 rings (SSSR count). The number of hydrogen-bond acceptors (Lipinski definition) is 6. The number of carbonyl (C=O) groups is 1. The predicted molar refractivity (Wildman–Crippen MR) is 99.5 cm³/mol. The number of nitro groups is 1. The van der Waals surface area contributed by atoms with Gasteiger partial charge in [0.15, 0.2) is 4.90 Å². The molecule has 1 atom stereocenters. The van der Waals surface area contributed by atoms with Gasteiger partial charge in [-0.1, -0.05) is 18.1 Å². The molecule has 0 bridgehead atoms. The molecule has 9 nitrogen and oxygen atoms in total. The fourth-order valence-corrected chi connectivity index (χ4v) is 3.87. The lowest BCUT2D eigenvalue weighted by atomic mass is 10.2. The highest BCUT2D eigenvalue weighted by Gasteiger charge is 2.34. The minimum Gasteiger partial charge on any atom is -0.444 e. The number of nitrogens with zero attached hydrogens (tertiary/aromatic N) is 2. The summed E-state index contributed by atoms with van der Waals surface area (Å²) in [7, 11) is -4.26. The molecule has 0 aliphatic carbocycles. The van der Waals surface area contributed by atoms with Crippen molar-refractivity contribution in [2.45, 2.75) is 44.2 Å². The lowest BCUT2D eigenvalue weighted by molar-refractivity contribution is -0.387. The molecule has 0 spiro atoms. The first-order chi connectivity index (χ1) is 12.4. The summed E-state index contributed by atoms with van der Waals surface area (Å²) in [6.45, 7) is 6.21. The molecule has 1 amide bonds. The van der Waals surface area contributed by atoms with E-state index >= 15 is 0 Å². The van der Waals surface area contributed by atoms with Crippen molar-refractivity contribution in [3.05, 3.63) is 34.4 Å². The molecule has 0 aliphatic rings. The van der Waals surface area contributed by atoms with E-state index in [1.54, 1.807) is 20.8 Å². The Morgan fingerprint density at radius 1 is 1.41 bits per heavy atom. The summed E-state index contributed by atoms with van der Waals surface area (Å²) in [6.07, 6.45) is 4.57. The van der Waals surface area contributed by atoms with Gasteiger partial charge in [-0.2, -0.15) is 4.31 Å². The van der Waals surface area contributed by atoms with Gasteiger partial charge in [0.05, 0.1) is 11.5 Å². The lowest BCUT2D eigenvalue weighted by Crippen LogP contribution is -2.46. The summed E-state index contributed by atoms with van der Waals surface area (Å²) in [5, 5.41) is 13.6. The van der Waals surface area contributed by atoms with Gasteiger partial charge in [-0.25, -0.2) is 13.2 Å². The highest BCUT2D eigenvalue weighted by atomic mass is 32.2. The van der Waals surface area contributed by atoms with Crippen LogP contribution in [0.15, 0.2) is 29.2 Å². The van der Waals surface area contributed by atoms with Crippen molar-refractivity contribution in [3.63, 3.8) is 0 Å². The average molecular weight is 397 g/mol. The number of amides is 1. The van der Waals surface area contributed by atoms with Gasteiger partial charge in [-0.3, -0.25) is 10.1 Å². The zero-order chi connectivity index (χ0) is 20.8. The molecular weight excluding hydrogens is 374 g/mol. The van der Waals surface area contributed by atoms with Crippen molar-refractivity contribution in [1.29, 1.82) is 0 Å². The minimum atomic E-state index is -4.26. The molecule has 148 valence electrons. The molecule has 0 saturated carbocycles. The first-order valence-electron chi connectivity index (χ1n) is 8.05. The van der Waals surface area contributed by atoms with Crippen molar-refractivity contribution >= 4 is 21.8 Å². The van der Waals surface area contributed by atoms with Crippen LogP contribution in [0.25, 0.3) is 0 Å². The third-order valence-corrected chi connectivity index (χ3v) is 5.34. The molecule has 0 saturated heterocycles. The van der Waals surface area contributed by atoms with Crippen LogP contribution in [0.2, 0.25) is 0 Å². The normalized spacial score (nSPS) is 12.9. The number of benzene rings is 1. The number of para-hydroxylation sites is 1. The summed E-state index contributed by atoms with van der Waals surface area (Å²) in [5.74, 6) is 2.23. The van der Waals surface area contributed by atoms with Crippen LogP contribution in [-0.2, 0) is 14.8 Å². The molecule has 0 aromatic heterocycles. The van der Waals surface area contributed by atoms with Crippen LogP contribution in [0.4, 0.5) is 10.5 Å². The van der Waals surface area contributed by atoms with Crippen LogP contribution in [-0.4, -0.2) is 48.5 Å². The number of hydrogen-bond donors (Lipinski definition) is 1. The van der Waals surface area contributed by atoms with Gasteiger partial charge >= 0.3 is 6.09 Å². The maximum atomic E-state index is 12.9. The molecule has 0 aliphatic heterocycles. The number of nitro benzene ring substituents is 1. The van der Waals surface area contributed by atoms with Crippen LogP contribution in [0.5, 0.6) is 0 Å². The minimum absolute atomic E-state index is 0.0869. The Balaban J connectivity index is 3.08. The van der Waals surface area contributed by atoms with Crippen LogP contribution < -0.4 is 5.32 Å². The Labute approximate surface area is 158 Å². The molecule has 0 fully saturated rings. The molecule has 1 aromatic rings. The van der Waals surface area contributed by atoms with Crippen molar-refractivity contribution in [2.75, 3.05) is 13.1 Å². The van der Waals surface area contributed by atoms with Crippen LogP contribution in [0.1, 0.15) is 27.7 Å². The maximum absolute atomic E-state index is 12.9. The molecule has 1 aromatic carbocycles. The second kappa shape index (κ2) is 8.83. The van der Waals surface area contributed by atoms with E-state index in [4.69, 9.17) is 11.2 Å². The predicted octanol–water partition coefficient (Wildman–Crippen LogP) is 2.13. The van der Waals surface area contributed by atoms with Gasteiger partial charge in [-0.15, -0.1) is 6.42 Å². The average Bonchev–Trinajstić information content (AvgIpc) is 2.55. The third-order valence-electron chi connectivity index (χ3n) is 3.33. The van der Waals surface area contributed by atoms with Crippen molar-refractivity contribution < 1.29 is 22.9 Å². The van der Waals surface area contributed by atoms with E-state index in [9.17, 15) is 23.3 Å². The summed E-state index contributed by atoms with van der Waals surface area (Å²) >= 11 is 0. The Morgan fingerprint density at radius 2 is 2.00 bits per heavy atom. The zero-order valence-electron chi connectivity index (χ0n) is 15.6. The molecule has 1 N–H and O–H groups in total. The van der Waals surface area contributed by atoms with Crippen LogP contribution >= 0.6 is 0 Å². The van der Waals surface area contributed by atoms with E-state index in [-0.39, 0.29) is 13.1 Å². The number of nitrogens with one attached hydrogen (secondary N) is 1. The lowest BCUT2D eigenvalue weighted by Gasteiger charge is -2.27. The SMILES string of the molecule is C#CCN(C(C)CNC(=O)OC(C)(C)C)S(=O)(=O)c1ccccc1[N+](=O)[O-]. The number of rotatable bonds is 7. The van der Waals surface area contributed by atoms with E-state index in [0.717, 1.165) is 16.4 Å². The van der Waals surface area contributed by atoms with E-state index < -0.39 is 43.3 Å². The van der Waals surface area contributed by atoms with E-state index in [0.29, 0.717) is 0 Å². The van der Waals surface area contributed by atoms with Crippen molar-refractivity contribution in [3.8, 4) is 12.3 Å². The first kappa shape index (κ1) is 22.4. The number of terminal acetylenes is 1. The van der Waals surface area contributed by atoms with Crippen LogP contribution in [0.3, 0.4) is 0 Å². The van der Waals surface area contributed by atoms with Crippen molar-refractivity contribution in [1.82, 2.24) is 9.62 Å². The highest BCUT2D eigenvalue weighted by Crippen LogP contribution is 2.27. The second-order valence-corrected chi connectivity index (χ2v) is 8.57. The Bertz CT molecular complexity index is 839. The summed E-state index contributed by atoms with van der Waals surface area (Å²) in [5.41, 5.74) is -1.26. The fourth-order valence-electron chi connectivity index (χ4n) is 2.17. The third kappa shape index (κ3) is 6.23. The van der Waals surface area contributed by atoms with Gasteiger partial charge < -0.3 is 10.1 Å². The van der Waals surface area contributed by atoms with Gasteiger partial charge in [0, 0.05) is 18.7 Å². The Kier molecular flexibility index (Phi) is 7.33. The van der Waals surface area contributed by atoms with Gasteiger partial charge in [-0.05, 0) is 33.8 Å². The Hall–Kier alpha value is -2.64. The number of sulfonamides is 1. The number of alkyl carbamates (subject to hydrolysis) is 1. The fraction of sp³-hybridized carbons (Fsp3) is 0.471. The molecule has 0 heterocycles. The molecular formula is C17H23N3O6S. The van der Waals surface area contributed by atoms with Crippen molar-refractivity contribution in [2.24, 2.45) is 0 Å². The maximum Gasteiger partial charge on any atom is 0.407 e. The highest BCUT2D eigenvalue weighted by molar-refractivity contribution is 7.89. The monoisotopic (exact) mass is 397 g/mol. The smallest absolute Gasteiger partial charge is 0.407 e. The second-order valence-electron chi connectivity index (χ2n) is 6.71. The number of carbonyl (C=O) groups excluding carboxylic acids is 1. The van der Waals surface area contributed by atoms with E-state index in [2.05, 4.69) is 11.2 Å². The molecule has 0 radical (unpaired) electrons. The first-order valence-corrected chi connectivity index (χ1v) is 9.49. The van der Waals surface area contributed by atoms with Crippen LogP contribution in [0, 0.1) is 22.5 Å². The van der Waals surface area contributed by atoms with Gasteiger partial charge in [0.1, 0.15) is 5.60 Å². The topological polar surface area (TPSA) is 119 Å². The van der Waals surface area contributed by atoms with E-state index in [1.807, 2.05) is 0 Å². The van der Waals surface area contributed by atoms with Gasteiger partial charge in [0.25, 0.3) is 15.7 Å². The molecule has 27 heavy (non-hydrogen) atoms. The summed E-state index contributed by atoms with van der Waals surface area (Å²) in [4.78, 5) is 21.7. The number of ether oxygens (including phenoxy) is 1. The summed E-state index contributed by atoms with van der Waals surface area (Å²) < 4.78 is 31.9. The Morgan fingerprint density at radius 3 is 2.52 bits per heavy atom. The van der Waals surface area contributed by atoms with E-state index in [1.165, 1.54) is 19.1 Å². The molecule has 1 unspecified atom stereocenters. The standard InChI is InChI=1S/C17H23N3O6S/c1-6-11-19(13(2)12-18-16(21)26-17(3,4)5)27(24,25)15-10-8-7-9-14(15)20(22)23/h1,7-10,13H,11-12H2,2-5H3,(H,18,21). The molecule has 10 heteroatoms.